The fourth-order valence-electron chi connectivity index (χ4n) is 2.02. The molecule has 0 bridgehead atoms. The van der Waals surface area contributed by atoms with Crippen molar-refractivity contribution < 1.29 is 10.2 Å². The van der Waals surface area contributed by atoms with E-state index >= 15 is 0 Å². The summed E-state index contributed by atoms with van der Waals surface area (Å²) in [6.45, 7) is 4.25. The van der Waals surface area contributed by atoms with Crippen LogP contribution in [0.5, 0.6) is 0 Å². The van der Waals surface area contributed by atoms with Gasteiger partial charge in [0.15, 0.2) is 0 Å². The first-order valence-electron chi connectivity index (χ1n) is 7.01. The summed E-state index contributed by atoms with van der Waals surface area (Å²) in [5.74, 6) is 0. The predicted octanol–water partition coefficient (Wildman–Crippen LogP) is 3.65. The van der Waals surface area contributed by atoms with E-state index in [2.05, 4.69) is 13.8 Å². The van der Waals surface area contributed by atoms with Crippen molar-refractivity contribution in [3.63, 3.8) is 0 Å². The maximum absolute atomic E-state index is 10.1. The van der Waals surface area contributed by atoms with Gasteiger partial charge in [0.2, 0.25) is 0 Å². The molecule has 0 aromatic rings. The first-order valence-corrected chi connectivity index (χ1v) is 7.01. The molecule has 0 aliphatic heterocycles. The van der Waals surface area contributed by atoms with Crippen LogP contribution < -0.4 is 0 Å². The number of unbranched alkanes of at least 4 members (excludes halogenated alkanes) is 6. The summed E-state index contributed by atoms with van der Waals surface area (Å²) in [6, 6.07) is 0. The van der Waals surface area contributed by atoms with Gasteiger partial charge in [0.1, 0.15) is 0 Å². The molecule has 0 aromatic heterocycles. The van der Waals surface area contributed by atoms with Gasteiger partial charge in [-0.3, -0.25) is 0 Å². The van der Waals surface area contributed by atoms with Gasteiger partial charge in [0, 0.05) is 0 Å². The van der Waals surface area contributed by atoms with Crippen molar-refractivity contribution in [1.82, 2.24) is 0 Å². The van der Waals surface area contributed by atoms with Crippen LogP contribution in [0.3, 0.4) is 0 Å². The molecule has 2 nitrogen and oxygen atoms in total. The van der Waals surface area contributed by atoms with Crippen LogP contribution in [0.15, 0.2) is 0 Å². The van der Waals surface area contributed by atoms with Gasteiger partial charge in [0.05, 0.1) is 12.2 Å². The second-order valence-corrected chi connectivity index (χ2v) is 5.00. The smallest absolute Gasteiger partial charge is 0.0877 e. The Bertz CT molecular complexity index is 148. The topological polar surface area (TPSA) is 40.5 Å². The fraction of sp³-hybridized carbons (Fsp3) is 1.00. The van der Waals surface area contributed by atoms with Gasteiger partial charge in [0.25, 0.3) is 0 Å². The molecule has 0 rings (SSSR count). The molecule has 1 atom stereocenters. The van der Waals surface area contributed by atoms with Crippen LogP contribution in [-0.2, 0) is 0 Å². The van der Waals surface area contributed by atoms with Crippen LogP contribution in [0.25, 0.3) is 0 Å². The molecule has 16 heavy (non-hydrogen) atoms. The molecular formula is C14H30O2. The standard InChI is InChI=1S/C14H30O2/c1-3-5-7-8-9-10-12-14(16,13-15)11-6-4-2/h15-16H,3-13H2,1-2H3. The summed E-state index contributed by atoms with van der Waals surface area (Å²) >= 11 is 0. The Kier molecular flexibility index (Phi) is 10.0. The third-order valence-electron chi connectivity index (χ3n) is 3.29. The number of aliphatic hydroxyl groups is 2. The maximum Gasteiger partial charge on any atom is 0.0877 e. The molecule has 0 spiro atoms. The van der Waals surface area contributed by atoms with E-state index in [0.717, 1.165) is 32.1 Å². The quantitative estimate of drug-likeness (QED) is 0.532. The summed E-state index contributed by atoms with van der Waals surface area (Å²) in [6.07, 6.45) is 11.0. The lowest BCUT2D eigenvalue weighted by Gasteiger charge is -2.25. The Morgan fingerprint density at radius 1 is 0.750 bits per heavy atom. The van der Waals surface area contributed by atoms with Crippen LogP contribution in [0, 0.1) is 0 Å². The lowest BCUT2D eigenvalue weighted by Crippen LogP contribution is -2.33. The van der Waals surface area contributed by atoms with E-state index in [1.807, 2.05) is 0 Å². The normalized spacial score (nSPS) is 15.0. The van der Waals surface area contributed by atoms with Crippen molar-refractivity contribution in [2.24, 2.45) is 0 Å². The van der Waals surface area contributed by atoms with Crippen molar-refractivity contribution in [2.75, 3.05) is 6.61 Å². The fourth-order valence-corrected chi connectivity index (χ4v) is 2.02. The summed E-state index contributed by atoms with van der Waals surface area (Å²) in [5, 5.41) is 19.3. The van der Waals surface area contributed by atoms with Gasteiger partial charge in [-0.2, -0.15) is 0 Å². The number of aliphatic hydroxyl groups excluding tert-OH is 1. The molecule has 0 aromatic carbocycles. The monoisotopic (exact) mass is 230 g/mol. The molecule has 1 unspecified atom stereocenters. The highest BCUT2D eigenvalue weighted by atomic mass is 16.3. The zero-order valence-electron chi connectivity index (χ0n) is 11.2. The van der Waals surface area contributed by atoms with Crippen LogP contribution >= 0.6 is 0 Å². The minimum atomic E-state index is -0.805. The number of hydrogen-bond donors (Lipinski definition) is 2. The van der Waals surface area contributed by atoms with E-state index in [0.29, 0.717) is 0 Å². The Labute approximate surface area is 101 Å². The summed E-state index contributed by atoms with van der Waals surface area (Å²) < 4.78 is 0. The largest absolute Gasteiger partial charge is 0.393 e. The van der Waals surface area contributed by atoms with Crippen LogP contribution in [0.2, 0.25) is 0 Å². The summed E-state index contributed by atoms with van der Waals surface area (Å²) in [4.78, 5) is 0. The minimum absolute atomic E-state index is 0.0814. The Balaban J connectivity index is 3.53. The van der Waals surface area contributed by atoms with E-state index in [9.17, 15) is 10.2 Å². The minimum Gasteiger partial charge on any atom is -0.393 e. The van der Waals surface area contributed by atoms with Crippen molar-refractivity contribution in [3.05, 3.63) is 0 Å². The molecule has 0 heterocycles. The third-order valence-corrected chi connectivity index (χ3v) is 3.29. The molecule has 0 saturated carbocycles. The van der Waals surface area contributed by atoms with Crippen LogP contribution in [0.4, 0.5) is 0 Å². The molecule has 0 fully saturated rings. The zero-order valence-corrected chi connectivity index (χ0v) is 11.2. The molecule has 0 amide bonds. The predicted molar refractivity (Wildman–Crippen MR) is 69.6 cm³/mol. The van der Waals surface area contributed by atoms with Crippen LogP contribution in [0.1, 0.15) is 78.1 Å². The van der Waals surface area contributed by atoms with Gasteiger partial charge in [-0.05, 0) is 12.8 Å². The van der Waals surface area contributed by atoms with Gasteiger partial charge < -0.3 is 10.2 Å². The summed E-state index contributed by atoms with van der Waals surface area (Å²) in [5.41, 5.74) is -0.805. The molecule has 98 valence electrons. The first kappa shape index (κ1) is 15.9. The molecule has 0 radical (unpaired) electrons. The Morgan fingerprint density at radius 2 is 1.25 bits per heavy atom. The number of rotatable bonds is 11. The lowest BCUT2D eigenvalue weighted by molar-refractivity contribution is -0.0311. The SMILES string of the molecule is CCCCCCCCC(O)(CO)CCCC. The van der Waals surface area contributed by atoms with Gasteiger partial charge >= 0.3 is 0 Å². The van der Waals surface area contributed by atoms with Gasteiger partial charge in [-0.25, -0.2) is 0 Å². The highest BCUT2D eigenvalue weighted by Crippen LogP contribution is 2.21. The average molecular weight is 230 g/mol. The van der Waals surface area contributed by atoms with E-state index in [4.69, 9.17) is 0 Å². The van der Waals surface area contributed by atoms with Crippen LogP contribution in [-0.4, -0.2) is 22.4 Å². The van der Waals surface area contributed by atoms with E-state index < -0.39 is 5.60 Å². The highest BCUT2D eigenvalue weighted by molar-refractivity contribution is 4.77. The molecule has 2 N–H and O–H groups in total. The Hall–Kier alpha value is -0.0800. The summed E-state index contributed by atoms with van der Waals surface area (Å²) in [7, 11) is 0. The molecular weight excluding hydrogens is 200 g/mol. The lowest BCUT2D eigenvalue weighted by atomic mass is 9.91. The molecule has 0 aliphatic rings. The van der Waals surface area contributed by atoms with Crippen molar-refractivity contribution in [1.29, 1.82) is 0 Å². The Morgan fingerprint density at radius 3 is 1.81 bits per heavy atom. The average Bonchev–Trinajstić information content (AvgIpc) is 2.31. The second-order valence-electron chi connectivity index (χ2n) is 5.00. The second kappa shape index (κ2) is 10.1. The molecule has 0 aliphatic carbocycles. The maximum atomic E-state index is 10.1. The highest BCUT2D eigenvalue weighted by Gasteiger charge is 2.24. The van der Waals surface area contributed by atoms with Crippen molar-refractivity contribution in [3.8, 4) is 0 Å². The molecule has 2 heteroatoms. The van der Waals surface area contributed by atoms with Gasteiger partial charge in [-0.1, -0.05) is 65.2 Å². The molecule has 0 saturated heterocycles. The van der Waals surface area contributed by atoms with E-state index in [1.165, 1.54) is 32.1 Å². The van der Waals surface area contributed by atoms with Crippen molar-refractivity contribution in [2.45, 2.75) is 83.7 Å². The van der Waals surface area contributed by atoms with E-state index in [-0.39, 0.29) is 6.61 Å². The third kappa shape index (κ3) is 8.12. The first-order chi connectivity index (χ1) is 7.68. The van der Waals surface area contributed by atoms with Crippen molar-refractivity contribution >= 4 is 0 Å². The van der Waals surface area contributed by atoms with Gasteiger partial charge in [-0.15, -0.1) is 0 Å². The van der Waals surface area contributed by atoms with E-state index in [1.54, 1.807) is 0 Å². The number of hydrogen-bond acceptors (Lipinski definition) is 2. The zero-order chi connectivity index (χ0) is 12.3.